The lowest BCUT2D eigenvalue weighted by Gasteiger charge is -2.24. The summed E-state index contributed by atoms with van der Waals surface area (Å²) in [6, 6.07) is 14.8. The van der Waals surface area contributed by atoms with Crippen molar-refractivity contribution < 1.29 is 19.1 Å². The molecule has 0 spiro atoms. The number of hydrogen-bond donors (Lipinski definition) is 2. The molecular weight excluding hydrogens is 358 g/mol. The number of rotatable bonds is 4. The van der Waals surface area contributed by atoms with Crippen LogP contribution in [-0.2, 0) is 20.9 Å². The lowest BCUT2D eigenvalue weighted by Crippen LogP contribution is -2.34. The molecule has 144 valence electrons. The van der Waals surface area contributed by atoms with Crippen molar-refractivity contribution in [1.29, 1.82) is 0 Å². The topological polar surface area (TPSA) is 87.7 Å². The van der Waals surface area contributed by atoms with Gasteiger partial charge in [-0.25, -0.2) is 0 Å². The van der Waals surface area contributed by atoms with Crippen molar-refractivity contribution in [2.45, 2.75) is 26.0 Å². The van der Waals surface area contributed by atoms with E-state index in [-0.39, 0.29) is 24.1 Å². The van der Waals surface area contributed by atoms with Crippen LogP contribution >= 0.6 is 0 Å². The Hall–Kier alpha value is -3.35. The van der Waals surface area contributed by atoms with Gasteiger partial charge in [0.2, 0.25) is 11.8 Å². The predicted octanol–water partition coefficient (Wildman–Crippen LogP) is 2.39. The molecule has 7 nitrogen and oxygen atoms in total. The van der Waals surface area contributed by atoms with Crippen molar-refractivity contribution in [1.82, 2.24) is 4.90 Å². The summed E-state index contributed by atoms with van der Waals surface area (Å²) in [6.07, 6.45) is -0.353. The van der Waals surface area contributed by atoms with E-state index >= 15 is 0 Å². The molecular formula is C21H21N3O4. The SMILES string of the molecule is C[C@@H]1Oc2ccc(NC(=O)[C@@H]3CC(=O)N(Cc4ccccc4)C3)cc2NC1=O. The van der Waals surface area contributed by atoms with Gasteiger partial charge >= 0.3 is 0 Å². The van der Waals surface area contributed by atoms with E-state index in [1.165, 1.54) is 0 Å². The number of ether oxygens (including phenoxy) is 1. The van der Waals surface area contributed by atoms with Crippen molar-refractivity contribution in [2.24, 2.45) is 5.92 Å². The van der Waals surface area contributed by atoms with Crippen LogP contribution < -0.4 is 15.4 Å². The zero-order valence-corrected chi connectivity index (χ0v) is 15.5. The average molecular weight is 379 g/mol. The van der Waals surface area contributed by atoms with E-state index in [9.17, 15) is 14.4 Å². The molecule has 7 heteroatoms. The normalized spacial score (nSPS) is 21.0. The van der Waals surface area contributed by atoms with E-state index in [1.807, 2.05) is 30.3 Å². The van der Waals surface area contributed by atoms with Crippen molar-refractivity contribution in [2.75, 3.05) is 17.2 Å². The third-order valence-electron chi connectivity index (χ3n) is 4.98. The standard InChI is InChI=1S/C21H21N3O4/c1-13-20(26)23-17-10-16(7-8-18(17)28-13)22-21(27)15-9-19(25)24(12-15)11-14-5-3-2-4-6-14/h2-8,10,13,15H,9,11-12H2,1H3,(H,22,27)(H,23,26)/t13-,15+/m0/s1. The summed E-state index contributed by atoms with van der Waals surface area (Å²) in [7, 11) is 0. The van der Waals surface area contributed by atoms with Crippen LogP contribution in [0.5, 0.6) is 5.75 Å². The second-order valence-corrected chi connectivity index (χ2v) is 7.11. The van der Waals surface area contributed by atoms with Crippen LogP contribution in [0.25, 0.3) is 0 Å². The monoisotopic (exact) mass is 379 g/mol. The maximum atomic E-state index is 12.6. The summed E-state index contributed by atoms with van der Waals surface area (Å²) in [5, 5.41) is 5.60. The first kappa shape index (κ1) is 18.0. The predicted molar refractivity (Wildman–Crippen MR) is 104 cm³/mol. The van der Waals surface area contributed by atoms with E-state index < -0.39 is 12.0 Å². The smallest absolute Gasteiger partial charge is 0.265 e. The average Bonchev–Trinajstić information content (AvgIpc) is 3.04. The highest BCUT2D eigenvalue weighted by Crippen LogP contribution is 2.32. The van der Waals surface area contributed by atoms with Crippen LogP contribution in [0.3, 0.4) is 0 Å². The third kappa shape index (κ3) is 3.69. The maximum Gasteiger partial charge on any atom is 0.265 e. The highest BCUT2D eigenvalue weighted by molar-refractivity contribution is 6.00. The van der Waals surface area contributed by atoms with Gasteiger partial charge in [-0.3, -0.25) is 14.4 Å². The Balaban J connectivity index is 1.40. The van der Waals surface area contributed by atoms with E-state index in [2.05, 4.69) is 10.6 Å². The van der Waals surface area contributed by atoms with Crippen LogP contribution in [0.15, 0.2) is 48.5 Å². The molecule has 0 aromatic heterocycles. The number of likely N-dealkylation sites (tertiary alicyclic amines) is 1. The first-order chi connectivity index (χ1) is 13.5. The number of benzene rings is 2. The first-order valence-electron chi connectivity index (χ1n) is 9.24. The third-order valence-corrected chi connectivity index (χ3v) is 4.98. The quantitative estimate of drug-likeness (QED) is 0.854. The molecule has 2 aromatic rings. The Kier molecular flexibility index (Phi) is 4.73. The fraction of sp³-hybridized carbons (Fsp3) is 0.286. The van der Waals surface area contributed by atoms with E-state index in [0.717, 1.165) is 5.56 Å². The second-order valence-electron chi connectivity index (χ2n) is 7.11. The molecule has 2 aliphatic heterocycles. The molecule has 2 heterocycles. The van der Waals surface area contributed by atoms with Gasteiger partial charge in [-0.15, -0.1) is 0 Å². The first-order valence-corrected chi connectivity index (χ1v) is 9.24. The molecule has 4 rings (SSSR count). The Labute approximate surface area is 162 Å². The molecule has 0 saturated carbocycles. The molecule has 0 aliphatic carbocycles. The summed E-state index contributed by atoms with van der Waals surface area (Å²) in [4.78, 5) is 38.4. The van der Waals surface area contributed by atoms with Gasteiger partial charge in [-0.2, -0.15) is 0 Å². The van der Waals surface area contributed by atoms with Crippen LogP contribution in [0.2, 0.25) is 0 Å². The zero-order chi connectivity index (χ0) is 19.7. The fourth-order valence-electron chi connectivity index (χ4n) is 3.44. The largest absolute Gasteiger partial charge is 0.479 e. The fourth-order valence-corrected chi connectivity index (χ4v) is 3.44. The molecule has 2 atom stereocenters. The Morgan fingerprint density at radius 1 is 1.21 bits per heavy atom. The van der Waals surface area contributed by atoms with Crippen molar-refractivity contribution in [3.63, 3.8) is 0 Å². The van der Waals surface area contributed by atoms with Crippen LogP contribution in [0, 0.1) is 5.92 Å². The number of fused-ring (bicyclic) bond motifs is 1. The number of anilines is 2. The summed E-state index contributed by atoms with van der Waals surface area (Å²) < 4.78 is 5.51. The Morgan fingerprint density at radius 2 is 2.00 bits per heavy atom. The lowest BCUT2D eigenvalue weighted by atomic mass is 10.1. The number of carbonyl (C=O) groups excluding carboxylic acids is 3. The molecule has 1 fully saturated rings. The molecule has 3 amide bonds. The molecule has 0 radical (unpaired) electrons. The molecule has 2 aliphatic rings. The highest BCUT2D eigenvalue weighted by Gasteiger charge is 2.34. The number of nitrogens with zero attached hydrogens (tertiary/aromatic N) is 1. The van der Waals surface area contributed by atoms with E-state index in [1.54, 1.807) is 30.0 Å². The van der Waals surface area contributed by atoms with Crippen molar-refractivity contribution in [3.05, 3.63) is 54.1 Å². The van der Waals surface area contributed by atoms with Gasteiger partial charge in [-0.05, 0) is 30.7 Å². The van der Waals surface area contributed by atoms with Crippen molar-refractivity contribution >= 4 is 29.1 Å². The molecule has 1 saturated heterocycles. The summed E-state index contributed by atoms with van der Waals surface area (Å²) in [5.41, 5.74) is 2.11. The van der Waals surface area contributed by atoms with Crippen LogP contribution in [0.4, 0.5) is 11.4 Å². The number of hydrogen-bond acceptors (Lipinski definition) is 4. The van der Waals surface area contributed by atoms with Crippen LogP contribution in [-0.4, -0.2) is 35.3 Å². The van der Waals surface area contributed by atoms with E-state index in [4.69, 9.17) is 4.74 Å². The minimum absolute atomic E-state index is 0.0240. The Bertz CT molecular complexity index is 929. The number of nitrogens with one attached hydrogen (secondary N) is 2. The highest BCUT2D eigenvalue weighted by atomic mass is 16.5. The van der Waals surface area contributed by atoms with Gasteiger partial charge in [0.1, 0.15) is 5.75 Å². The minimum Gasteiger partial charge on any atom is -0.479 e. The Morgan fingerprint density at radius 3 is 2.79 bits per heavy atom. The lowest BCUT2D eigenvalue weighted by molar-refractivity contribution is -0.128. The summed E-state index contributed by atoms with van der Waals surface area (Å²) in [6.45, 7) is 2.57. The molecule has 2 N–H and O–H groups in total. The van der Waals surface area contributed by atoms with E-state index in [0.29, 0.717) is 30.2 Å². The van der Waals surface area contributed by atoms with Gasteiger partial charge < -0.3 is 20.3 Å². The van der Waals surface area contributed by atoms with Gasteiger partial charge in [0.05, 0.1) is 11.6 Å². The molecule has 2 aromatic carbocycles. The summed E-state index contributed by atoms with van der Waals surface area (Å²) in [5.74, 6) is -0.299. The van der Waals surface area contributed by atoms with Gasteiger partial charge in [-0.1, -0.05) is 30.3 Å². The zero-order valence-electron chi connectivity index (χ0n) is 15.5. The minimum atomic E-state index is -0.548. The number of carbonyl (C=O) groups is 3. The molecule has 28 heavy (non-hydrogen) atoms. The summed E-state index contributed by atoms with van der Waals surface area (Å²) >= 11 is 0. The van der Waals surface area contributed by atoms with Gasteiger partial charge in [0.15, 0.2) is 6.10 Å². The second kappa shape index (κ2) is 7.34. The molecule has 0 bridgehead atoms. The van der Waals surface area contributed by atoms with Gasteiger partial charge in [0, 0.05) is 25.2 Å². The number of amides is 3. The molecule has 0 unspecified atom stereocenters. The maximum absolute atomic E-state index is 12.6. The van der Waals surface area contributed by atoms with Gasteiger partial charge in [0.25, 0.3) is 5.91 Å². The van der Waals surface area contributed by atoms with Crippen LogP contribution in [0.1, 0.15) is 18.9 Å². The van der Waals surface area contributed by atoms with Crippen molar-refractivity contribution in [3.8, 4) is 5.75 Å².